The minimum absolute atomic E-state index is 0. The van der Waals surface area contributed by atoms with Crippen LogP contribution in [0.5, 0.6) is 5.75 Å². The van der Waals surface area contributed by atoms with Gasteiger partial charge in [0, 0.05) is 18.7 Å². The summed E-state index contributed by atoms with van der Waals surface area (Å²) in [5.41, 5.74) is 1.78. The van der Waals surface area contributed by atoms with Crippen LogP contribution in [-0.2, 0) is 10.0 Å². The van der Waals surface area contributed by atoms with E-state index in [1.165, 1.54) is 27.8 Å². The molecule has 0 bridgehead atoms. The SMILES string of the molecule is CCN(c1ccccc1)S(=O)(=O)c1ccc(C(=O)N(CCCN(C)C)c2nc3ccc(OC)cc3s2)cc1.Cl. The number of para-hydroxylation sites is 1. The summed E-state index contributed by atoms with van der Waals surface area (Å²) in [6.07, 6.45) is 0.757. The lowest BCUT2D eigenvalue weighted by Crippen LogP contribution is -2.33. The zero-order valence-corrected chi connectivity index (χ0v) is 24.9. The summed E-state index contributed by atoms with van der Waals surface area (Å²) in [7, 11) is 1.81. The van der Waals surface area contributed by atoms with E-state index in [4.69, 9.17) is 9.72 Å². The molecule has 4 rings (SSSR count). The second-order valence-electron chi connectivity index (χ2n) is 8.97. The third-order valence-electron chi connectivity index (χ3n) is 6.07. The summed E-state index contributed by atoms with van der Waals surface area (Å²) in [5, 5.41) is 0.593. The number of nitrogens with zero attached hydrogens (tertiary/aromatic N) is 4. The number of benzene rings is 3. The summed E-state index contributed by atoms with van der Waals surface area (Å²) >= 11 is 1.43. The van der Waals surface area contributed by atoms with Crippen molar-refractivity contribution >= 4 is 60.7 Å². The number of hydrogen-bond donors (Lipinski definition) is 0. The molecule has 0 aliphatic heterocycles. The Morgan fingerprint density at radius 2 is 1.67 bits per heavy atom. The van der Waals surface area contributed by atoms with Gasteiger partial charge >= 0.3 is 0 Å². The van der Waals surface area contributed by atoms with Gasteiger partial charge in [-0.1, -0.05) is 29.5 Å². The van der Waals surface area contributed by atoms with Gasteiger partial charge in [0.1, 0.15) is 5.75 Å². The van der Waals surface area contributed by atoms with E-state index in [0.717, 1.165) is 28.9 Å². The lowest BCUT2D eigenvalue weighted by Gasteiger charge is -2.23. The second kappa shape index (κ2) is 13.3. The highest BCUT2D eigenvalue weighted by Crippen LogP contribution is 2.32. The normalized spacial score (nSPS) is 11.3. The Labute approximate surface area is 240 Å². The van der Waals surface area contributed by atoms with Crippen LogP contribution in [0.25, 0.3) is 10.2 Å². The largest absolute Gasteiger partial charge is 0.497 e. The number of methoxy groups -OCH3 is 1. The van der Waals surface area contributed by atoms with Crippen LogP contribution in [0.1, 0.15) is 23.7 Å². The molecule has 4 aromatic rings. The molecule has 1 heterocycles. The zero-order chi connectivity index (χ0) is 27.3. The highest BCUT2D eigenvalue weighted by molar-refractivity contribution is 7.92. The summed E-state index contributed by atoms with van der Waals surface area (Å²) in [6.45, 7) is 3.37. The first-order valence-electron chi connectivity index (χ1n) is 12.3. The van der Waals surface area contributed by atoms with E-state index in [-0.39, 0.29) is 29.8 Å². The van der Waals surface area contributed by atoms with Gasteiger partial charge < -0.3 is 9.64 Å². The molecule has 208 valence electrons. The molecule has 0 spiro atoms. The van der Waals surface area contributed by atoms with Gasteiger partial charge in [-0.05, 0) is 88.6 Å². The molecule has 0 N–H and O–H groups in total. The molecule has 0 atom stereocenters. The van der Waals surface area contributed by atoms with Gasteiger partial charge in [-0.2, -0.15) is 0 Å². The highest BCUT2D eigenvalue weighted by atomic mass is 35.5. The van der Waals surface area contributed by atoms with E-state index < -0.39 is 10.0 Å². The molecule has 0 saturated heterocycles. The van der Waals surface area contributed by atoms with E-state index >= 15 is 0 Å². The van der Waals surface area contributed by atoms with Gasteiger partial charge in [-0.15, -0.1) is 12.4 Å². The summed E-state index contributed by atoms with van der Waals surface area (Å²) in [4.78, 5) is 22.3. The quantitative estimate of drug-likeness (QED) is 0.229. The third kappa shape index (κ3) is 6.88. The first-order valence-corrected chi connectivity index (χ1v) is 14.6. The van der Waals surface area contributed by atoms with Crippen molar-refractivity contribution in [2.24, 2.45) is 0 Å². The average molecular weight is 589 g/mol. The van der Waals surface area contributed by atoms with Crippen molar-refractivity contribution in [1.82, 2.24) is 9.88 Å². The molecule has 1 amide bonds. The number of rotatable bonds is 11. The van der Waals surface area contributed by atoms with Crippen molar-refractivity contribution in [2.75, 3.05) is 50.0 Å². The van der Waals surface area contributed by atoms with Crippen molar-refractivity contribution in [3.8, 4) is 5.75 Å². The average Bonchev–Trinajstić information content (AvgIpc) is 3.34. The lowest BCUT2D eigenvalue weighted by atomic mass is 10.2. The van der Waals surface area contributed by atoms with Crippen molar-refractivity contribution in [3.63, 3.8) is 0 Å². The minimum atomic E-state index is -3.79. The van der Waals surface area contributed by atoms with Crippen molar-refractivity contribution in [3.05, 3.63) is 78.4 Å². The van der Waals surface area contributed by atoms with Crippen LogP contribution in [0.2, 0.25) is 0 Å². The molecule has 0 unspecified atom stereocenters. The number of ether oxygens (including phenoxy) is 1. The van der Waals surface area contributed by atoms with Crippen LogP contribution in [0.4, 0.5) is 10.8 Å². The van der Waals surface area contributed by atoms with E-state index in [2.05, 4.69) is 4.90 Å². The maximum atomic E-state index is 13.7. The first kappa shape index (κ1) is 30.4. The Hall–Kier alpha value is -3.18. The molecule has 0 saturated carbocycles. The van der Waals surface area contributed by atoms with Gasteiger partial charge in [-0.3, -0.25) is 14.0 Å². The number of thiazole rings is 1. The molecule has 8 nitrogen and oxygen atoms in total. The number of sulfonamides is 1. The van der Waals surface area contributed by atoms with E-state index in [0.29, 0.717) is 22.9 Å². The van der Waals surface area contributed by atoms with Gasteiger partial charge in [0.15, 0.2) is 5.13 Å². The number of halogens is 1. The number of fused-ring (bicyclic) bond motifs is 1. The Balaban J connectivity index is 0.00000420. The van der Waals surface area contributed by atoms with Crippen molar-refractivity contribution in [2.45, 2.75) is 18.2 Å². The Bertz CT molecular complexity index is 1490. The molecule has 0 fully saturated rings. The van der Waals surface area contributed by atoms with Crippen LogP contribution in [-0.4, -0.2) is 65.0 Å². The summed E-state index contributed by atoms with van der Waals surface area (Å²) < 4.78 is 34.3. The van der Waals surface area contributed by atoms with Crippen LogP contribution in [0, 0.1) is 0 Å². The number of hydrogen-bond acceptors (Lipinski definition) is 7. The Morgan fingerprint density at radius 3 is 2.28 bits per heavy atom. The fourth-order valence-corrected chi connectivity index (χ4v) is 6.59. The number of amides is 1. The first-order chi connectivity index (χ1) is 18.2. The number of aromatic nitrogens is 1. The van der Waals surface area contributed by atoms with Crippen molar-refractivity contribution < 1.29 is 17.9 Å². The maximum absolute atomic E-state index is 13.7. The van der Waals surface area contributed by atoms with Gasteiger partial charge in [0.2, 0.25) is 0 Å². The Morgan fingerprint density at radius 1 is 0.974 bits per heavy atom. The third-order valence-corrected chi connectivity index (χ3v) is 9.03. The van der Waals surface area contributed by atoms with Crippen molar-refractivity contribution in [1.29, 1.82) is 0 Å². The maximum Gasteiger partial charge on any atom is 0.264 e. The Kier molecular flexibility index (Phi) is 10.3. The molecule has 0 aliphatic rings. The molecule has 39 heavy (non-hydrogen) atoms. The number of anilines is 2. The standard InChI is InChI=1S/C28H32N4O4S2.ClH/c1-5-32(22-10-7-6-8-11-22)38(34,35)24-15-12-21(13-16-24)27(33)31(19-9-18-30(2)3)28-29-25-17-14-23(36-4)20-26(25)37-28;/h6-8,10-17,20H,5,9,18-19H2,1-4H3;1H. The van der Waals surface area contributed by atoms with Crippen LogP contribution in [0.3, 0.4) is 0 Å². The van der Waals surface area contributed by atoms with Gasteiger partial charge in [0.05, 0.1) is 27.9 Å². The molecule has 0 aliphatic carbocycles. The smallest absolute Gasteiger partial charge is 0.264 e. The number of carbonyl (C=O) groups is 1. The predicted octanol–water partition coefficient (Wildman–Crippen LogP) is 5.54. The van der Waals surface area contributed by atoms with Crippen LogP contribution < -0.4 is 13.9 Å². The monoisotopic (exact) mass is 588 g/mol. The predicted molar refractivity (Wildman–Crippen MR) is 161 cm³/mol. The minimum Gasteiger partial charge on any atom is -0.497 e. The molecular weight excluding hydrogens is 556 g/mol. The summed E-state index contributed by atoms with van der Waals surface area (Å²) in [6, 6.07) is 20.7. The highest BCUT2D eigenvalue weighted by Gasteiger charge is 2.25. The summed E-state index contributed by atoms with van der Waals surface area (Å²) in [5.74, 6) is 0.501. The molecule has 11 heteroatoms. The molecule has 0 radical (unpaired) electrons. The fraction of sp³-hybridized carbons (Fsp3) is 0.286. The van der Waals surface area contributed by atoms with Gasteiger partial charge in [0.25, 0.3) is 15.9 Å². The zero-order valence-electron chi connectivity index (χ0n) is 22.4. The fourth-order valence-electron chi connectivity index (χ4n) is 4.10. The van der Waals surface area contributed by atoms with E-state index in [1.54, 1.807) is 55.3 Å². The second-order valence-corrected chi connectivity index (χ2v) is 11.8. The lowest BCUT2D eigenvalue weighted by molar-refractivity contribution is 0.0986. The van der Waals surface area contributed by atoms with Crippen LogP contribution >= 0.6 is 23.7 Å². The van der Waals surface area contributed by atoms with E-state index in [1.807, 2.05) is 38.4 Å². The van der Waals surface area contributed by atoms with Gasteiger partial charge in [-0.25, -0.2) is 13.4 Å². The topological polar surface area (TPSA) is 83.1 Å². The van der Waals surface area contributed by atoms with Crippen LogP contribution in [0.15, 0.2) is 77.7 Å². The number of carbonyl (C=O) groups excluding carboxylic acids is 1. The molecule has 3 aromatic carbocycles. The van der Waals surface area contributed by atoms with E-state index in [9.17, 15) is 13.2 Å². The molecule has 1 aromatic heterocycles. The molecular formula is C28H33ClN4O4S2.